The average Bonchev–Trinajstić information content (AvgIpc) is 2.53. The molecule has 0 saturated carbocycles. The molecule has 4 nitrogen and oxygen atoms in total. The maximum Gasteiger partial charge on any atom is 0.194 e. The van der Waals surface area contributed by atoms with E-state index in [9.17, 15) is 4.79 Å². The maximum absolute atomic E-state index is 12.5. The predicted octanol–water partition coefficient (Wildman–Crippen LogP) is 3.50. The molecule has 4 heteroatoms. The van der Waals surface area contributed by atoms with E-state index in [0.717, 1.165) is 6.42 Å². The van der Waals surface area contributed by atoms with Gasteiger partial charge in [-0.1, -0.05) is 19.1 Å². The molecule has 0 N–H and O–H groups in total. The molecule has 2 rings (SSSR count). The average molecular weight is 285 g/mol. The van der Waals surface area contributed by atoms with Gasteiger partial charge in [0.25, 0.3) is 0 Å². The van der Waals surface area contributed by atoms with Crippen LogP contribution in [0.15, 0.2) is 42.7 Å². The Bertz CT molecular complexity index is 610. The second-order valence-electron chi connectivity index (χ2n) is 4.55. The van der Waals surface area contributed by atoms with Gasteiger partial charge in [-0.05, 0) is 31.5 Å². The molecule has 0 amide bonds. The van der Waals surface area contributed by atoms with Crippen LogP contribution < -0.4 is 9.47 Å². The molecule has 1 aromatic carbocycles. The summed E-state index contributed by atoms with van der Waals surface area (Å²) in [5.74, 6) is 1.21. The lowest BCUT2D eigenvalue weighted by Gasteiger charge is -2.07. The second-order valence-corrected chi connectivity index (χ2v) is 4.55. The lowest BCUT2D eigenvalue weighted by atomic mass is 10.0. The Hall–Kier alpha value is -2.36. The molecule has 0 spiro atoms. The number of hydrogen-bond acceptors (Lipinski definition) is 4. The zero-order valence-electron chi connectivity index (χ0n) is 12.3. The highest BCUT2D eigenvalue weighted by Gasteiger charge is 2.11. The first-order chi connectivity index (χ1) is 10.2. The number of rotatable bonds is 7. The third kappa shape index (κ3) is 4.05. The molecule has 2 aromatic rings. The molecule has 0 saturated heterocycles. The van der Waals surface area contributed by atoms with E-state index in [1.54, 1.807) is 30.6 Å². The first-order valence-electron chi connectivity index (χ1n) is 7.10. The van der Waals surface area contributed by atoms with E-state index >= 15 is 0 Å². The second kappa shape index (κ2) is 7.43. The van der Waals surface area contributed by atoms with Crippen LogP contribution in [0.2, 0.25) is 0 Å². The van der Waals surface area contributed by atoms with Crippen LogP contribution in [0.1, 0.15) is 36.2 Å². The first-order valence-corrected chi connectivity index (χ1v) is 7.10. The SMILES string of the molecule is CCCOc1cncc(C(=O)c2cccc(OCC)c2)c1. The number of carbonyl (C=O) groups excluding carboxylic acids is 1. The summed E-state index contributed by atoms with van der Waals surface area (Å²) in [7, 11) is 0. The van der Waals surface area contributed by atoms with Gasteiger partial charge < -0.3 is 9.47 Å². The number of hydrogen-bond donors (Lipinski definition) is 0. The van der Waals surface area contributed by atoms with Crippen molar-refractivity contribution in [3.05, 3.63) is 53.9 Å². The van der Waals surface area contributed by atoms with Crippen molar-refractivity contribution in [2.24, 2.45) is 0 Å². The van der Waals surface area contributed by atoms with E-state index < -0.39 is 0 Å². The summed E-state index contributed by atoms with van der Waals surface area (Å²) in [6.07, 6.45) is 4.08. The van der Waals surface area contributed by atoms with E-state index in [-0.39, 0.29) is 5.78 Å². The molecule has 0 fully saturated rings. The summed E-state index contributed by atoms with van der Waals surface area (Å²) in [6, 6.07) is 8.87. The molecular weight excluding hydrogens is 266 g/mol. The minimum atomic E-state index is -0.0917. The van der Waals surface area contributed by atoms with Gasteiger partial charge in [-0.2, -0.15) is 0 Å². The van der Waals surface area contributed by atoms with E-state index in [2.05, 4.69) is 4.98 Å². The van der Waals surface area contributed by atoms with E-state index in [1.165, 1.54) is 0 Å². The molecule has 21 heavy (non-hydrogen) atoms. The molecule has 0 atom stereocenters. The van der Waals surface area contributed by atoms with E-state index in [4.69, 9.17) is 9.47 Å². The quantitative estimate of drug-likeness (QED) is 0.730. The normalized spacial score (nSPS) is 10.2. The van der Waals surface area contributed by atoms with Gasteiger partial charge in [-0.3, -0.25) is 9.78 Å². The summed E-state index contributed by atoms with van der Waals surface area (Å²) in [5, 5.41) is 0. The zero-order valence-corrected chi connectivity index (χ0v) is 12.3. The summed E-state index contributed by atoms with van der Waals surface area (Å²) < 4.78 is 10.9. The monoisotopic (exact) mass is 285 g/mol. The third-order valence-corrected chi connectivity index (χ3v) is 2.86. The van der Waals surface area contributed by atoms with Crippen molar-refractivity contribution in [3.63, 3.8) is 0 Å². The Kier molecular flexibility index (Phi) is 5.32. The van der Waals surface area contributed by atoms with Crippen LogP contribution in [0, 0.1) is 0 Å². The fourth-order valence-corrected chi connectivity index (χ4v) is 1.90. The molecule has 1 aromatic heterocycles. The van der Waals surface area contributed by atoms with Gasteiger partial charge in [0.1, 0.15) is 11.5 Å². The van der Waals surface area contributed by atoms with E-state index in [1.807, 2.05) is 26.0 Å². The summed E-state index contributed by atoms with van der Waals surface area (Å²) in [5.41, 5.74) is 1.09. The van der Waals surface area contributed by atoms with Gasteiger partial charge in [0.2, 0.25) is 0 Å². The molecule has 0 radical (unpaired) electrons. The van der Waals surface area contributed by atoms with Crippen molar-refractivity contribution in [1.29, 1.82) is 0 Å². The van der Waals surface area contributed by atoms with Gasteiger partial charge in [0, 0.05) is 17.3 Å². The topological polar surface area (TPSA) is 48.4 Å². The van der Waals surface area contributed by atoms with Gasteiger partial charge in [0.15, 0.2) is 5.78 Å². The van der Waals surface area contributed by atoms with Crippen molar-refractivity contribution in [2.75, 3.05) is 13.2 Å². The molecule has 0 aliphatic rings. The molecule has 1 heterocycles. The van der Waals surface area contributed by atoms with Gasteiger partial charge >= 0.3 is 0 Å². The van der Waals surface area contributed by atoms with Crippen molar-refractivity contribution < 1.29 is 14.3 Å². The largest absolute Gasteiger partial charge is 0.494 e. The Morgan fingerprint density at radius 3 is 2.62 bits per heavy atom. The molecule has 110 valence electrons. The van der Waals surface area contributed by atoms with Gasteiger partial charge in [-0.25, -0.2) is 0 Å². The van der Waals surface area contributed by atoms with Gasteiger partial charge in [-0.15, -0.1) is 0 Å². The molecule has 0 aliphatic carbocycles. The van der Waals surface area contributed by atoms with Crippen LogP contribution >= 0.6 is 0 Å². The summed E-state index contributed by atoms with van der Waals surface area (Å²) in [6.45, 7) is 5.12. The number of ketones is 1. The van der Waals surface area contributed by atoms with Crippen LogP contribution in [-0.4, -0.2) is 24.0 Å². The van der Waals surface area contributed by atoms with Crippen LogP contribution in [0.4, 0.5) is 0 Å². The van der Waals surface area contributed by atoms with Crippen LogP contribution in [0.25, 0.3) is 0 Å². The number of pyridine rings is 1. The Labute approximate surface area is 124 Å². The Morgan fingerprint density at radius 1 is 1.05 bits per heavy atom. The lowest BCUT2D eigenvalue weighted by molar-refractivity contribution is 0.103. The predicted molar refractivity (Wildman–Crippen MR) is 81.1 cm³/mol. The molecule has 0 unspecified atom stereocenters. The number of ether oxygens (including phenoxy) is 2. The van der Waals surface area contributed by atoms with Crippen molar-refractivity contribution >= 4 is 5.78 Å². The Balaban J connectivity index is 2.21. The smallest absolute Gasteiger partial charge is 0.194 e. The van der Waals surface area contributed by atoms with Crippen LogP contribution in [0.5, 0.6) is 11.5 Å². The highest BCUT2D eigenvalue weighted by molar-refractivity contribution is 6.09. The van der Waals surface area contributed by atoms with Crippen molar-refractivity contribution in [3.8, 4) is 11.5 Å². The fraction of sp³-hybridized carbons (Fsp3) is 0.294. The number of carbonyl (C=O) groups is 1. The highest BCUT2D eigenvalue weighted by Crippen LogP contribution is 2.19. The minimum Gasteiger partial charge on any atom is -0.494 e. The Morgan fingerprint density at radius 2 is 1.86 bits per heavy atom. The van der Waals surface area contributed by atoms with Crippen LogP contribution in [0.3, 0.4) is 0 Å². The highest BCUT2D eigenvalue weighted by atomic mass is 16.5. The minimum absolute atomic E-state index is 0.0917. The standard InChI is InChI=1S/C17H19NO3/c1-3-8-21-16-10-14(11-18-12-16)17(19)13-6-5-7-15(9-13)20-4-2/h5-7,9-12H,3-4,8H2,1-2H3. The number of aromatic nitrogens is 1. The summed E-state index contributed by atoms with van der Waals surface area (Å²) in [4.78, 5) is 16.5. The third-order valence-electron chi connectivity index (χ3n) is 2.86. The van der Waals surface area contributed by atoms with E-state index in [0.29, 0.717) is 35.8 Å². The van der Waals surface area contributed by atoms with Crippen molar-refractivity contribution in [1.82, 2.24) is 4.98 Å². The molecule has 0 bridgehead atoms. The molecule has 0 aliphatic heterocycles. The lowest BCUT2D eigenvalue weighted by Crippen LogP contribution is -2.04. The maximum atomic E-state index is 12.5. The van der Waals surface area contributed by atoms with Crippen molar-refractivity contribution in [2.45, 2.75) is 20.3 Å². The zero-order chi connectivity index (χ0) is 15.1. The number of nitrogens with zero attached hydrogens (tertiary/aromatic N) is 1. The number of benzene rings is 1. The van der Waals surface area contributed by atoms with Crippen LogP contribution in [-0.2, 0) is 0 Å². The fourth-order valence-electron chi connectivity index (χ4n) is 1.90. The summed E-state index contributed by atoms with van der Waals surface area (Å²) >= 11 is 0. The van der Waals surface area contributed by atoms with Gasteiger partial charge in [0.05, 0.1) is 19.4 Å². The first kappa shape index (κ1) is 15.0. The molecular formula is C17H19NO3.